The lowest BCUT2D eigenvalue weighted by Gasteiger charge is -2.54. The van der Waals surface area contributed by atoms with E-state index in [2.05, 4.69) is 26.6 Å². The Morgan fingerprint density at radius 1 is 1.04 bits per heavy atom. The number of fused-ring (bicyclic) bond motifs is 1. The lowest BCUT2D eigenvalue weighted by molar-refractivity contribution is -0.164. The number of tetrazole rings is 1. The Labute approximate surface area is 269 Å². The van der Waals surface area contributed by atoms with Crippen molar-refractivity contribution in [3.05, 3.63) is 108 Å². The quantitative estimate of drug-likeness (QED) is 0.114. The summed E-state index contributed by atoms with van der Waals surface area (Å²) >= 11 is 2.73. The molecule has 12 heteroatoms. The molecule has 2 fully saturated rings. The number of benzene rings is 3. The smallest absolute Gasteiger partial charge is 0.316 e. The standard InChI is InChI=1S/C33H30N6O4S2/c1-2-18-39-36-32(35-37-39)45-22-33(31(42)43-28(24-14-8-4-9-15-24)25-16-10-5-11-17-25)20-38-29(41)27(30(38)44-21-33)34-26(40)19-23-12-6-3-7-13-23/h1,3-17,27-28,30H,18-22H2,(H,34,40)/t27?,30-,33?/m1/s1. The van der Waals surface area contributed by atoms with Crippen molar-refractivity contribution in [1.82, 2.24) is 30.4 Å². The number of nitrogens with one attached hydrogen (secondary N) is 1. The molecule has 0 radical (unpaired) electrons. The molecule has 2 saturated heterocycles. The van der Waals surface area contributed by atoms with Crippen molar-refractivity contribution in [1.29, 1.82) is 0 Å². The van der Waals surface area contributed by atoms with Gasteiger partial charge in [-0.15, -0.1) is 28.4 Å². The van der Waals surface area contributed by atoms with Gasteiger partial charge in [-0.25, -0.2) is 0 Å². The van der Waals surface area contributed by atoms with Gasteiger partial charge in [-0.05, 0) is 21.9 Å². The van der Waals surface area contributed by atoms with Gasteiger partial charge in [0.2, 0.25) is 17.0 Å². The molecule has 2 amide bonds. The maximum Gasteiger partial charge on any atom is 0.316 e. The third-order valence-corrected chi connectivity index (χ3v) is 10.4. The van der Waals surface area contributed by atoms with Crippen LogP contribution in [-0.4, -0.2) is 72.4 Å². The van der Waals surface area contributed by atoms with Gasteiger partial charge in [-0.1, -0.05) is 109 Å². The van der Waals surface area contributed by atoms with E-state index < -0.39 is 23.5 Å². The van der Waals surface area contributed by atoms with Crippen LogP contribution in [0.2, 0.25) is 0 Å². The Bertz CT molecular complexity index is 1660. The highest BCUT2D eigenvalue weighted by molar-refractivity contribution is 8.00. The molecular formula is C33H30N6O4S2. The van der Waals surface area contributed by atoms with Gasteiger partial charge < -0.3 is 15.0 Å². The zero-order chi connectivity index (χ0) is 31.2. The zero-order valence-corrected chi connectivity index (χ0v) is 25.8. The lowest BCUT2D eigenvalue weighted by atomic mass is 9.88. The van der Waals surface area contributed by atoms with Crippen molar-refractivity contribution in [3.63, 3.8) is 0 Å². The van der Waals surface area contributed by atoms with Crippen LogP contribution in [0.4, 0.5) is 0 Å². The van der Waals surface area contributed by atoms with Gasteiger partial charge in [-0.3, -0.25) is 14.4 Å². The number of thioether (sulfide) groups is 2. The number of amides is 2. The summed E-state index contributed by atoms with van der Waals surface area (Å²) < 4.78 is 6.34. The molecule has 0 aliphatic carbocycles. The molecule has 45 heavy (non-hydrogen) atoms. The molecule has 0 saturated carbocycles. The molecular weight excluding hydrogens is 609 g/mol. The number of hydrogen-bond donors (Lipinski definition) is 1. The van der Waals surface area contributed by atoms with Crippen molar-refractivity contribution in [2.45, 2.75) is 35.6 Å². The molecule has 2 unspecified atom stereocenters. The van der Waals surface area contributed by atoms with Crippen LogP contribution in [0.1, 0.15) is 22.8 Å². The molecule has 3 aromatic carbocycles. The molecule has 0 bridgehead atoms. The third-order valence-electron chi connectivity index (χ3n) is 7.68. The van der Waals surface area contributed by atoms with Crippen LogP contribution in [0, 0.1) is 17.8 Å². The van der Waals surface area contributed by atoms with E-state index in [-0.39, 0.29) is 42.5 Å². The van der Waals surface area contributed by atoms with Crippen molar-refractivity contribution in [3.8, 4) is 12.3 Å². The van der Waals surface area contributed by atoms with Crippen molar-refractivity contribution in [2.24, 2.45) is 5.41 Å². The Balaban J connectivity index is 1.21. The molecule has 3 atom stereocenters. The maximum absolute atomic E-state index is 14.3. The van der Waals surface area contributed by atoms with Gasteiger partial charge in [0.15, 0.2) is 6.10 Å². The number of carbonyl (C=O) groups excluding carboxylic acids is 3. The SMILES string of the molecule is C#CCn1nnc(SCC2(C(=O)OC(c3ccccc3)c3ccccc3)CS[C@@H]3C(NC(=O)Cc4ccccc4)C(=O)N3C2)n1. The number of carbonyl (C=O) groups is 3. The molecule has 3 heterocycles. The summed E-state index contributed by atoms with van der Waals surface area (Å²) in [4.78, 5) is 43.4. The predicted octanol–water partition coefficient (Wildman–Crippen LogP) is 3.36. The summed E-state index contributed by atoms with van der Waals surface area (Å²) in [5.41, 5.74) is 1.45. The first kappa shape index (κ1) is 30.4. The molecule has 0 spiro atoms. The number of ether oxygens (including phenoxy) is 1. The van der Waals surface area contributed by atoms with E-state index in [1.165, 1.54) is 28.3 Å². The fraction of sp³-hybridized carbons (Fsp3) is 0.273. The van der Waals surface area contributed by atoms with Crippen molar-refractivity contribution in [2.75, 3.05) is 18.1 Å². The summed E-state index contributed by atoms with van der Waals surface area (Å²) in [5, 5.41) is 15.3. The minimum atomic E-state index is -1.08. The zero-order valence-electron chi connectivity index (χ0n) is 24.2. The molecule has 2 aliphatic rings. The molecule has 1 N–H and O–H groups in total. The monoisotopic (exact) mass is 638 g/mol. The van der Waals surface area contributed by atoms with Gasteiger partial charge >= 0.3 is 5.97 Å². The molecule has 10 nitrogen and oxygen atoms in total. The van der Waals surface area contributed by atoms with Gasteiger partial charge in [0.1, 0.15) is 23.4 Å². The number of aromatic nitrogens is 4. The summed E-state index contributed by atoms with van der Waals surface area (Å²) in [6.07, 6.45) is 4.92. The molecule has 6 rings (SSSR count). The van der Waals surface area contributed by atoms with E-state index in [9.17, 15) is 14.4 Å². The Morgan fingerprint density at radius 3 is 2.33 bits per heavy atom. The molecule has 228 valence electrons. The average molecular weight is 639 g/mol. The van der Waals surface area contributed by atoms with Crippen LogP contribution >= 0.6 is 23.5 Å². The highest BCUT2D eigenvalue weighted by atomic mass is 32.2. The van der Waals surface area contributed by atoms with Gasteiger partial charge in [0.05, 0.1) is 6.42 Å². The minimum Gasteiger partial charge on any atom is -0.452 e. The predicted molar refractivity (Wildman–Crippen MR) is 171 cm³/mol. The van der Waals surface area contributed by atoms with Gasteiger partial charge in [0, 0.05) is 18.1 Å². The molecule has 1 aromatic heterocycles. The van der Waals surface area contributed by atoms with Crippen LogP contribution < -0.4 is 5.32 Å². The molecule has 4 aromatic rings. The van der Waals surface area contributed by atoms with Crippen molar-refractivity contribution >= 4 is 41.3 Å². The third kappa shape index (κ3) is 6.74. The molecule has 2 aliphatic heterocycles. The first-order valence-electron chi connectivity index (χ1n) is 14.4. The van der Waals surface area contributed by atoms with E-state index in [0.717, 1.165) is 16.7 Å². The van der Waals surface area contributed by atoms with E-state index >= 15 is 0 Å². The highest BCUT2D eigenvalue weighted by Crippen LogP contribution is 2.45. The topological polar surface area (TPSA) is 119 Å². The van der Waals surface area contributed by atoms with Gasteiger partial charge in [0.25, 0.3) is 0 Å². The Hall–Kier alpha value is -4.60. The number of hydrogen-bond acceptors (Lipinski definition) is 9. The van der Waals surface area contributed by atoms with Crippen LogP contribution in [0.3, 0.4) is 0 Å². The van der Waals surface area contributed by atoms with Gasteiger partial charge in [-0.2, -0.15) is 4.80 Å². The van der Waals surface area contributed by atoms with E-state index in [1.54, 1.807) is 4.90 Å². The number of rotatable bonds is 11. The van der Waals surface area contributed by atoms with Crippen LogP contribution in [0.5, 0.6) is 0 Å². The second kappa shape index (κ2) is 13.6. The summed E-state index contributed by atoms with van der Waals surface area (Å²) in [7, 11) is 0. The number of esters is 1. The fourth-order valence-electron chi connectivity index (χ4n) is 5.36. The summed E-state index contributed by atoms with van der Waals surface area (Å²) in [5.74, 6) is 2.21. The van der Waals surface area contributed by atoms with E-state index in [4.69, 9.17) is 11.2 Å². The maximum atomic E-state index is 14.3. The normalized spacial score (nSPS) is 20.5. The lowest BCUT2D eigenvalue weighted by Crippen LogP contribution is -2.74. The van der Waals surface area contributed by atoms with E-state index in [0.29, 0.717) is 10.9 Å². The number of β-lactam (4-membered cyclic amide) rings is 1. The Kier molecular flexibility index (Phi) is 9.18. The van der Waals surface area contributed by atoms with Crippen molar-refractivity contribution < 1.29 is 19.1 Å². The summed E-state index contributed by atoms with van der Waals surface area (Å²) in [6.45, 7) is 0.308. The second-order valence-corrected chi connectivity index (χ2v) is 12.9. The Morgan fingerprint density at radius 2 is 1.69 bits per heavy atom. The minimum absolute atomic E-state index is 0.134. The summed E-state index contributed by atoms with van der Waals surface area (Å²) in [6, 6.07) is 27.9. The van der Waals surface area contributed by atoms with Crippen LogP contribution in [-0.2, 0) is 32.1 Å². The first-order valence-corrected chi connectivity index (χ1v) is 16.4. The average Bonchev–Trinajstić information content (AvgIpc) is 3.53. The number of terminal acetylenes is 1. The first-order chi connectivity index (χ1) is 22.0. The second-order valence-electron chi connectivity index (χ2n) is 10.9. The van der Waals surface area contributed by atoms with E-state index in [1.807, 2.05) is 91.0 Å². The largest absolute Gasteiger partial charge is 0.452 e. The fourth-order valence-corrected chi connectivity index (χ4v) is 7.99. The highest BCUT2D eigenvalue weighted by Gasteiger charge is 2.58. The van der Waals surface area contributed by atoms with Crippen LogP contribution in [0.15, 0.2) is 96.2 Å². The number of nitrogens with zero attached hydrogens (tertiary/aromatic N) is 5. The van der Waals surface area contributed by atoms with Crippen LogP contribution in [0.25, 0.3) is 0 Å².